The average molecular weight is 237 g/mol. The van der Waals surface area contributed by atoms with Crippen molar-refractivity contribution in [1.29, 1.82) is 0 Å². The van der Waals surface area contributed by atoms with Crippen LogP contribution in [0.1, 0.15) is 25.8 Å². The van der Waals surface area contributed by atoms with Gasteiger partial charge in [0.1, 0.15) is 0 Å². The Morgan fingerprint density at radius 3 is 2.85 bits per heavy atom. The molecule has 1 aromatic rings. The third-order valence-electron chi connectivity index (χ3n) is 1.64. The Kier molecular flexibility index (Phi) is 3.74. The predicted molar refractivity (Wildman–Crippen MR) is 60.5 cm³/mol. The number of allylic oxidation sites excluding steroid dienone is 1. The van der Waals surface area contributed by atoms with Crippen molar-refractivity contribution in [2.45, 2.75) is 24.5 Å². The third kappa shape index (κ3) is 4.90. The molecule has 0 amide bonds. The van der Waals surface area contributed by atoms with Crippen molar-refractivity contribution < 1.29 is 0 Å². The molecule has 0 fully saturated rings. The van der Waals surface area contributed by atoms with Crippen molar-refractivity contribution in [2.75, 3.05) is 0 Å². The van der Waals surface area contributed by atoms with Gasteiger partial charge in [0.05, 0.1) is 0 Å². The molecule has 0 spiro atoms. The summed E-state index contributed by atoms with van der Waals surface area (Å²) in [5, 5.41) is 0. The maximum atomic E-state index is 4.05. The standard InChI is InChI=1S/C11H16AsN/c1-11(2,12)7-3-5-10-6-4-8-13-9-10/h3-6,8-9H,7,12H2,1-2H3/b5-3-. The van der Waals surface area contributed by atoms with Crippen LogP contribution in [0.3, 0.4) is 0 Å². The molecule has 0 aromatic carbocycles. The van der Waals surface area contributed by atoms with E-state index in [2.05, 4.69) is 37.0 Å². The van der Waals surface area contributed by atoms with Crippen molar-refractivity contribution in [3.05, 3.63) is 36.2 Å². The van der Waals surface area contributed by atoms with E-state index in [9.17, 15) is 0 Å². The van der Waals surface area contributed by atoms with E-state index in [1.54, 1.807) is 23.0 Å². The van der Waals surface area contributed by atoms with Gasteiger partial charge in [0.2, 0.25) is 0 Å². The van der Waals surface area contributed by atoms with Crippen LogP contribution in [-0.2, 0) is 0 Å². The number of nitrogens with zero attached hydrogens (tertiary/aromatic N) is 1. The Balaban J connectivity index is 2.51. The molecule has 70 valence electrons. The number of aromatic nitrogens is 1. The number of pyridine rings is 1. The van der Waals surface area contributed by atoms with Gasteiger partial charge in [-0.25, -0.2) is 0 Å². The van der Waals surface area contributed by atoms with Crippen LogP contribution in [0.2, 0.25) is 4.20 Å². The Bertz CT molecular complexity index is 272. The topological polar surface area (TPSA) is 12.9 Å². The van der Waals surface area contributed by atoms with Crippen LogP contribution < -0.4 is 0 Å². The van der Waals surface area contributed by atoms with Crippen LogP contribution in [0, 0.1) is 0 Å². The van der Waals surface area contributed by atoms with Crippen LogP contribution >= 0.6 is 0 Å². The SMILES string of the molecule is CC(C)([AsH2])C/C=C\c1cccnc1. The van der Waals surface area contributed by atoms with Gasteiger partial charge in [-0.1, -0.05) is 0 Å². The molecule has 0 N–H and O–H groups in total. The second-order valence-corrected chi connectivity index (χ2v) is 7.16. The second kappa shape index (κ2) is 4.62. The Morgan fingerprint density at radius 2 is 2.31 bits per heavy atom. The first kappa shape index (κ1) is 10.5. The molecule has 0 saturated carbocycles. The third-order valence-corrected chi connectivity index (χ3v) is 2.13. The van der Waals surface area contributed by atoms with Gasteiger partial charge >= 0.3 is 88.5 Å². The van der Waals surface area contributed by atoms with Gasteiger partial charge in [-0.3, -0.25) is 0 Å². The molecule has 1 aromatic heterocycles. The molecule has 0 radical (unpaired) electrons. The summed E-state index contributed by atoms with van der Waals surface area (Å²) in [6.07, 6.45) is 9.16. The first-order valence-corrected chi connectivity index (χ1v) is 5.64. The van der Waals surface area contributed by atoms with Crippen molar-refractivity contribution >= 4 is 22.9 Å². The molecule has 1 nitrogen and oxygen atoms in total. The summed E-state index contributed by atoms with van der Waals surface area (Å²) in [7, 11) is 0. The van der Waals surface area contributed by atoms with Crippen LogP contribution in [0.5, 0.6) is 0 Å². The van der Waals surface area contributed by atoms with E-state index in [0.29, 0.717) is 4.20 Å². The zero-order valence-corrected chi connectivity index (χ0v) is 10.6. The summed E-state index contributed by atoms with van der Waals surface area (Å²) in [4.78, 5) is 4.05. The number of hydrogen-bond acceptors (Lipinski definition) is 1. The zero-order chi connectivity index (χ0) is 9.73. The molecular formula is C11H16AsN. The summed E-state index contributed by atoms with van der Waals surface area (Å²) in [6, 6.07) is 4.03. The fraction of sp³-hybridized carbons (Fsp3) is 0.364. The fourth-order valence-electron chi connectivity index (χ4n) is 0.973. The van der Waals surface area contributed by atoms with Crippen molar-refractivity contribution in [1.82, 2.24) is 4.98 Å². The maximum absolute atomic E-state index is 4.05. The quantitative estimate of drug-likeness (QED) is 0.735. The molecule has 0 saturated heterocycles. The molecule has 1 unspecified atom stereocenters. The van der Waals surface area contributed by atoms with Gasteiger partial charge < -0.3 is 0 Å². The first-order chi connectivity index (χ1) is 6.08. The molecule has 1 heterocycles. The molecular weight excluding hydrogens is 221 g/mol. The van der Waals surface area contributed by atoms with Gasteiger partial charge in [-0.05, 0) is 0 Å². The molecule has 0 bridgehead atoms. The van der Waals surface area contributed by atoms with E-state index in [1.165, 1.54) is 5.56 Å². The second-order valence-electron chi connectivity index (χ2n) is 3.88. The van der Waals surface area contributed by atoms with Gasteiger partial charge in [0.15, 0.2) is 0 Å². The molecule has 1 atom stereocenters. The molecule has 0 aliphatic carbocycles. The Labute approximate surface area is 88.8 Å². The Morgan fingerprint density at radius 1 is 1.54 bits per heavy atom. The summed E-state index contributed by atoms with van der Waals surface area (Å²) in [5.74, 6) is 0. The number of rotatable bonds is 3. The van der Waals surface area contributed by atoms with Gasteiger partial charge in [0, 0.05) is 0 Å². The summed E-state index contributed by atoms with van der Waals surface area (Å²) in [5.41, 5.74) is 1.18. The van der Waals surface area contributed by atoms with Crippen LogP contribution in [-0.4, -0.2) is 21.8 Å². The van der Waals surface area contributed by atoms with Crippen LogP contribution in [0.15, 0.2) is 30.6 Å². The van der Waals surface area contributed by atoms with E-state index in [1.807, 2.05) is 12.3 Å². The van der Waals surface area contributed by atoms with Crippen molar-refractivity contribution in [2.24, 2.45) is 0 Å². The van der Waals surface area contributed by atoms with E-state index < -0.39 is 0 Å². The van der Waals surface area contributed by atoms with Gasteiger partial charge in [-0.15, -0.1) is 0 Å². The van der Waals surface area contributed by atoms with E-state index in [-0.39, 0.29) is 0 Å². The average Bonchev–Trinajstić information content (AvgIpc) is 2.04. The minimum absolute atomic E-state index is 0.436. The molecule has 13 heavy (non-hydrogen) atoms. The zero-order valence-electron chi connectivity index (χ0n) is 8.20. The first-order valence-electron chi connectivity index (χ1n) is 4.43. The summed E-state index contributed by atoms with van der Waals surface area (Å²) in [6.45, 7) is 4.53. The number of hydrogen-bond donors (Lipinski definition) is 0. The predicted octanol–water partition coefficient (Wildman–Crippen LogP) is 2.32. The van der Waals surface area contributed by atoms with E-state index in [4.69, 9.17) is 0 Å². The molecule has 2 heteroatoms. The van der Waals surface area contributed by atoms with Crippen LogP contribution in [0.25, 0.3) is 6.08 Å². The van der Waals surface area contributed by atoms with Crippen molar-refractivity contribution in [3.63, 3.8) is 0 Å². The van der Waals surface area contributed by atoms with Crippen molar-refractivity contribution in [3.8, 4) is 0 Å². The Hall–Kier alpha value is -0.552. The monoisotopic (exact) mass is 237 g/mol. The minimum atomic E-state index is 0.436. The van der Waals surface area contributed by atoms with E-state index in [0.717, 1.165) is 6.42 Å². The normalized spacial score (nSPS) is 12.2. The molecule has 0 aliphatic heterocycles. The fourth-order valence-corrected chi connectivity index (χ4v) is 1.26. The summed E-state index contributed by atoms with van der Waals surface area (Å²) < 4.78 is 0.436. The van der Waals surface area contributed by atoms with Crippen LogP contribution in [0.4, 0.5) is 0 Å². The van der Waals surface area contributed by atoms with E-state index >= 15 is 0 Å². The molecule has 0 aliphatic rings. The molecule has 1 rings (SSSR count). The van der Waals surface area contributed by atoms with Gasteiger partial charge in [0.25, 0.3) is 0 Å². The van der Waals surface area contributed by atoms with Gasteiger partial charge in [-0.2, -0.15) is 0 Å². The summed E-state index contributed by atoms with van der Waals surface area (Å²) >= 11 is 1.79.